The van der Waals surface area contributed by atoms with Crippen molar-refractivity contribution >= 4 is 15.9 Å². The van der Waals surface area contributed by atoms with E-state index in [4.69, 9.17) is 0 Å². The Hall–Kier alpha value is -3.04. The summed E-state index contributed by atoms with van der Waals surface area (Å²) in [4.78, 5) is 14.3. The fraction of sp³-hybridized carbons (Fsp3) is 0.111. The maximum Gasteiger partial charge on any atom is 0.269 e. The lowest BCUT2D eigenvalue weighted by atomic mass is 10.1. The lowest BCUT2D eigenvalue weighted by Gasteiger charge is -2.12. The molecule has 0 saturated carbocycles. The van der Waals surface area contributed by atoms with Crippen LogP contribution in [0.25, 0.3) is 5.69 Å². The number of carbonyl (C=O) groups excluding carboxylic acids is 1. The van der Waals surface area contributed by atoms with Gasteiger partial charge in [0.05, 0.1) is 21.8 Å². The van der Waals surface area contributed by atoms with E-state index in [2.05, 4.69) is 5.10 Å². The minimum atomic E-state index is -3.97. The van der Waals surface area contributed by atoms with Crippen LogP contribution < -0.4 is 10.3 Å². The summed E-state index contributed by atoms with van der Waals surface area (Å²) in [5.74, 6) is -1.65. The van der Waals surface area contributed by atoms with Gasteiger partial charge in [-0.25, -0.2) is 17.5 Å². The molecule has 0 saturated heterocycles. The normalized spacial score (nSPS) is 11.4. The third-order valence-corrected chi connectivity index (χ3v) is 5.09. The molecule has 0 radical (unpaired) electrons. The molecule has 3 aromatic rings. The third kappa shape index (κ3) is 4.04. The second-order valence-electron chi connectivity index (χ2n) is 5.90. The number of hydrazine groups is 1. The Morgan fingerprint density at radius 3 is 2.44 bits per heavy atom. The molecule has 140 valence electrons. The van der Waals surface area contributed by atoms with Gasteiger partial charge in [0.25, 0.3) is 15.9 Å². The number of nitrogens with zero attached hydrogens (tertiary/aromatic N) is 2. The van der Waals surface area contributed by atoms with Crippen molar-refractivity contribution in [1.29, 1.82) is 0 Å². The Balaban J connectivity index is 1.85. The molecule has 0 aliphatic carbocycles. The van der Waals surface area contributed by atoms with Gasteiger partial charge in [0.15, 0.2) is 0 Å². The Labute approximate surface area is 155 Å². The van der Waals surface area contributed by atoms with Gasteiger partial charge in [-0.2, -0.15) is 5.10 Å². The second kappa shape index (κ2) is 7.29. The van der Waals surface area contributed by atoms with Crippen LogP contribution in [0.5, 0.6) is 0 Å². The van der Waals surface area contributed by atoms with Gasteiger partial charge in [-0.15, -0.1) is 4.83 Å². The lowest BCUT2D eigenvalue weighted by molar-refractivity contribution is 0.0941. The van der Waals surface area contributed by atoms with E-state index >= 15 is 0 Å². The van der Waals surface area contributed by atoms with Crippen LogP contribution >= 0.6 is 0 Å². The average molecular weight is 388 g/mol. The van der Waals surface area contributed by atoms with E-state index in [1.165, 1.54) is 29.8 Å². The van der Waals surface area contributed by atoms with Crippen LogP contribution in [0.2, 0.25) is 0 Å². The van der Waals surface area contributed by atoms with E-state index < -0.39 is 21.7 Å². The van der Waals surface area contributed by atoms with Crippen LogP contribution in [-0.2, 0) is 10.0 Å². The number of nitrogens with one attached hydrogen (secondary N) is 2. The van der Waals surface area contributed by atoms with Crippen LogP contribution in [0.15, 0.2) is 59.6 Å². The molecule has 1 amide bonds. The molecular formula is C18H17FN4O3S. The van der Waals surface area contributed by atoms with Gasteiger partial charge in [0.1, 0.15) is 5.82 Å². The van der Waals surface area contributed by atoms with E-state index in [-0.39, 0.29) is 16.0 Å². The predicted molar refractivity (Wildman–Crippen MR) is 97.2 cm³/mol. The predicted octanol–water partition coefficient (Wildman–Crippen LogP) is 2.25. The van der Waals surface area contributed by atoms with E-state index in [0.717, 1.165) is 5.69 Å². The number of hydrogen-bond acceptors (Lipinski definition) is 4. The first-order chi connectivity index (χ1) is 12.8. The average Bonchev–Trinajstić information content (AvgIpc) is 3.09. The smallest absolute Gasteiger partial charge is 0.269 e. The Kier molecular flexibility index (Phi) is 5.06. The third-order valence-electron chi connectivity index (χ3n) is 3.82. The van der Waals surface area contributed by atoms with Gasteiger partial charge in [-0.1, -0.05) is 18.2 Å². The standard InChI is InChI=1S/C18H17FN4O3S/c1-12-10-14(23-9-8-13(2)21-23)11-16(17(12)19)18(24)20-22-27(25,26)15-6-4-3-5-7-15/h3-11,22H,1-2H3,(H,20,24). The molecule has 0 aliphatic heterocycles. The van der Waals surface area contributed by atoms with E-state index in [0.29, 0.717) is 5.69 Å². The zero-order valence-electron chi connectivity index (χ0n) is 14.6. The highest BCUT2D eigenvalue weighted by molar-refractivity contribution is 7.89. The number of carbonyl (C=O) groups is 1. The molecule has 2 aromatic carbocycles. The molecule has 3 rings (SSSR count). The Morgan fingerprint density at radius 1 is 1.11 bits per heavy atom. The molecule has 0 unspecified atom stereocenters. The number of benzene rings is 2. The van der Waals surface area contributed by atoms with E-state index in [1.54, 1.807) is 43.5 Å². The number of amides is 1. The number of aromatic nitrogens is 2. The fourth-order valence-corrected chi connectivity index (χ4v) is 3.31. The molecule has 0 atom stereocenters. The molecule has 27 heavy (non-hydrogen) atoms. The van der Waals surface area contributed by atoms with Crippen molar-refractivity contribution in [3.63, 3.8) is 0 Å². The van der Waals surface area contributed by atoms with Crippen LogP contribution in [-0.4, -0.2) is 24.1 Å². The molecule has 0 aliphatic rings. The summed E-state index contributed by atoms with van der Waals surface area (Å²) in [5.41, 5.74) is 3.23. The SMILES string of the molecule is Cc1ccn(-c2cc(C)c(F)c(C(=O)NNS(=O)(=O)c3ccccc3)c2)n1. The highest BCUT2D eigenvalue weighted by Crippen LogP contribution is 2.19. The first kappa shape index (κ1) is 18.7. The summed E-state index contributed by atoms with van der Waals surface area (Å²) >= 11 is 0. The molecule has 1 heterocycles. The highest BCUT2D eigenvalue weighted by Gasteiger charge is 2.19. The van der Waals surface area contributed by atoms with Gasteiger partial charge in [0.2, 0.25) is 0 Å². The van der Waals surface area contributed by atoms with Crippen molar-refractivity contribution in [2.45, 2.75) is 18.7 Å². The summed E-state index contributed by atoms with van der Waals surface area (Å²) < 4.78 is 40.3. The monoisotopic (exact) mass is 388 g/mol. The number of aryl methyl sites for hydroxylation is 2. The summed E-state index contributed by atoms with van der Waals surface area (Å²) in [7, 11) is -3.97. The largest absolute Gasteiger partial charge is 0.273 e. The molecule has 0 spiro atoms. The molecular weight excluding hydrogens is 371 g/mol. The van der Waals surface area contributed by atoms with E-state index in [9.17, 15) is 17.6 Å². The number of rotatable bonds is 5. The summed E-state index contributed by atoms with van der Waals surface area (Å²) in [6.45, 7) is 3.32. The zero-order valence-corrected chi connectivity index (χ0v) is 15.4. The van der Waals surface area contributed by atoms with Crippen molar-refractivity contribution in [3.8, 4) is 5.69 Å². The molecule has 7 nitrogen and oxygen atoms in total. The second-order valence-corrected chi connectivity index (χ2v) is 7.58. The fourth-order valence-electron chi connectivity index (χ4n) is 2.45. The van der Waals surface area contributed by atoms with Crippen molar-refractivity contribution in [2.24, 2.45) is 0 Å². The summed E-state index contributed by atoms with van der Waals surface area (Å²) in [5, 5.41) is 4.23. The first-order valence-electron chi connectivity index (χ1n) is 7.98. The summed E-state index contributed by atoms with van der Waals surface area (Å²) in [6.07, 6.45) is 1.68. The summed E-state index contributed by atoms with van der Waals surface area (Å²) in [6, 6.07) is 12.1. The lowest BCUT2D eigenvalue weighted by Crippen LogP contribution is -2.41. The van der Waals surface area contributed by atoms with Gasteiger partial charge >= 0.3 is 0 Å². The van der Waals surface area contributed by atoms with Gasteiger partial charge in [0, 0.05) is 6.20 Å². The minimum absolute atomic E-state index is 0.0253. The highest BCUT2D eigenvalue weighted by atomic mass is 32.2. The first-order valence-corrected chi connectivity index (χ1v) is 9.46. The zero-order chi connectivity index (χ0) is 19.6. The van der Waals surface area contributed by atoms with Crippen molar-refractivity contribution in [1.82, 2.24) is 20.0 Å². The van der Waals surface area contributed by atoms with Crippen molar-refractivity contribution < 1.29 is 17.6 Å². The van der Waals surface area contributed by atoms with Gasteiger partial charge in [-0.05, 0) is 49.7 Å². The van der Waals surface area contributed by atoms with Crippen molar-refractivity contribution in [3.05, 3.63) is 77.4 Å². The Bertz CT molecular complexity index is 1100. The van der Waals surface area contributed by atoms with Gasteiger partial charge < -0.3 is 0 Å². The maximum atomic E-state index is 14.4. The molecule has 9 heteroatoms. The van der Waals surface area contributed by atoms with Gasteiger partial charge in [-0.3, -0.25) is 10.2 Å². The van der Waals surface area contributed by atoms with Crippen LogP contribution in [0.3, 0.4) is 0 Å². The molecule has 0 bridgehead atoms. The quantitative estimate of drug-likeness (QED) is 0.656. The molecule has 0 fully saturated rings. The molecule has 2 N–H and O–H groups in total. The Morgan fingerprint density at radius 2 is 1.81 bits per heavy atom. The maximum absolute atomic E-state index is 14.4. The topological polar surface area (TPSA) is 93.1 Å². The number of sulfonamides is 1. The van der Waals surface area contributed by atoms with Crippen molar-refractivity contribution in [2.75, 3.05) is 0 Å². The molecule has 1 aromatic heterocycles. The number of halogens is 1. The number of hydrogen-bond donors (Lipinski definition) is 2. The van der Waals surface area contributed by atoms with E-state index in [1.807, 2.05) is 10.3 Å². The van der Waals surface area contributed by atoms with Crippen LogP contribution in [0, 0.1) is 19.7 Å². The van der Waals surface area contributed by atoms with Crippen LogP contribution in [0.4, 0.5) is 4.39 Å². The minimum Gasteiger partial charge on any atom is -0.273 e. The van der Waals surface area contributed by atoms with Crippen LogP contribution in [0.1, 0.15) is 21.6 Å².